The van der Waals surface area contributed by atoms with E-state index >= 15 is 0 Å². The van der Waals surface area contributed by atoms with Crippen LogP contribution in [-0.4, -0.2) is 31.8 Å². The highest BCUT2D eigenvalue weighted by Gasteiger charge is 2.24. The lowest BCUT2D eigenvalue weighted by Crippen LogP contribution is -2.44. The molecule has 78 valence electrons. The van der Waals surface area contributed by atoms with E-state index in [0.29, 0.717) is 0 Å². The molecule has 6 nitrogen and oxygen atoms in total. The Labute approximate surface area is 83.4 Å². The molecular weight excluding hydrogens is 183 g/mol. The Morgan fingerprint density at radius 3 is 2.50 bits per heavy atom. The zero-order valence-corrected chi connectivity index (χ0v) is 8.17. The molecule has 1 saturated carbocycles. The number of amides is 3. The van der Waals surface area contributed by atoms with E-state index in [1.807, 2.05) is 0 Å². The van der Waals surface area contributed by atoms with Crippen LogP contribution in [0.25, 0.3) is 0 Å². The number of urea groups is 1. The third-order valence-corrected chi connectivity index (χ3v) is 2.23. The third kappa shape index (κ3) is 3.65. The van der Waals surface area contributed by atoms with Crippen LogP contribution < -0.4 is 21.9 Å². The quantitative estimate of drug-likeness (QED) is 0.325. The van der Waals surface area contributed by atoms with Crippen LogP contribution in [0.2, 0.25) is 0 Å². The average Bonchev–Trinajstić information content (AvgIpc) is 2.47. The minimum absolute atomic E-state index is 0.115. The van der Waals surface area contributed by atoms with Crippen LogP contribution >= 0.6 is 0 Å². The van der Waals surface area contributed by atoms with Crippen LogP contribution in [0.15, 0.2) is 0 Å². The molecule has 0 unspecified atom stereocenters. The second kappa shape index (κ2) is 4.85. The fourth-order valence-corrected chi connectivity index (χ4v) is 1.65. The molecule has 0 aromatic rings. The van der Waals surface area contributed by atoms with Crippen molar-refractivity contribution in [3.8, 4) is 0 Å². The van der Waals surface area contributed by atoms with Crippen LogP contribution in [0, 0.1) is 0 Å². The predicted octanol–water partition coefficient (Wildman–Crippen LogP) is -1.58. The summed E-state index contributed by atoms with van der Waals surface area (Å²) in [6.07, 6.45) is 2.61. The number of hydrazine groups is 1. The predicted molar refractivity (Wildman–Crippen MR) is 54.4 cm³/mol. The Morgan fingerprint density at radius 2 is 1.93 bits per heavy atom. The van der Waals surface area contributed by atoms with Gasteiger partial charge in [-0.2, -0.15) is 0 Å². The van der Waals surface area contributed by atoms with Crippen molar-refractivity contribution in [1.29, 1.82) is 0 Å². The van der Waals surface area contributed by atoms with E-state index in [9.17, 15) is 9.59 Å². The fraction of sp³-hybridized carbons (Fsp3) is 0.714. The van der Waals surface area contributed by atoms with Crippen LogP contribution in [-0.2, 0) is 0 Å². The summed E-state index contributed by atoms with van der Waals surface area (Å²) in [5, 5.41) is 2.65. The number of carbonyl (C=O) groups is 2. The van der Waals surface area contributed by atoms with Gasteiger partial charge in [0.05, 0.1) is 0 Å². The van der Waals surface area contributed by atoms with Gasteiger partial charge in [-0.05, 0) is 19.3 Å². The molecule has 3 amide bonds. The Bertz CT molecular complexity index is 236. The SMILES string of the molecule is BC(=O)NN[C@@H]1CC[C@H](NC(N)=O)C1. The first kappa shape index (κ1) is 10.8. The highest BCUT2D eigenvalue weighted by atomic mass is 16.2. The molecule has 2 atom stereocenters. The molecule has 1 fully saturated rings. The van der Waals surface area contributed by atoms with Crippen molar-refractivity contribution in [2.45, 2.75) is 31.3 Å². The largest absolute Gasteiger partial charge is 0.352 e. The summed E-state index contributed by atoms with van der Waals surface area (Å²) in [6.45, 7) is 0. The average molecular weight is 198 g/mol. The highest BCUT2D eigenvalue weighted by Crippen LogP contribution is 2.18. The van der Waals surface area contributed by atoms with Gasteiger partial charge in [-0.15, -0.1) is 0 Å². The molecule has 1 aliphatic carbocycles. The van der Waals surface area contributed by atoms with Gasteiger partial charge in [0, 0.05) is 12.1 Å². The minimum Gasteiger partial charge on any atom is -0.352 e. The highest BCUT2D eigenvalue weighted by molar-refractivity contribution is 6.56. The van der Waals surface area contributed by atoms with Crippen LogP contribution in [0.5, 0.6) is 0 Å². The molecule has 0 radical (unpaired) electrons. The lowest BCUT2D eigenvalue weighted by Gasteiger charge is -2.13. The molecule has 0 aliphatic heterocycles. The van der Waals surface area contributed by atoms with Crippen molar-refractivity contribution in [3.63, 3.8) is 0 Å². The van der Waals surface area contributed by atoms with E-state index in [0.717, 1.165) is 19.3 Å². The van der Waals surface area contributed by atoms with Crippen molar-refractivity contribution in [2.24, 2.45) is 5.73 Å². The second-order valence-corrected chi connectivity index (χ2v) is 3.54. The fourth-order valence-electron chi connectivity index (χ4n) is 1.65. The maximum absolute atomic E-state index is 10.6. The molecule has 0 spiro atoms. The monoisotopic (exact) mass is 198 g/mol. The lowest BCUT2D eigenvalue weighted by molar-refractivity contribution is 0.244. The first-order valence-corrected chi connectivity index (χ1v) is 4.66. The molecule has 0 aromatic carbocycles. The van der Waals surface area contributed by atoms with Crippen LogP contribution in [0.1, 0.15) is 19.3 Å². The summed E-state index contributed by atoms with van der Waals surface area (Å²) in [6, 6.07) is -0.148. The maximum atomic E-state index is 10.6. The van der Waals surface area contributed by atoms with Gasteiger partial charge in [-0.25, -0.2) is 10.2 Å². The van der Waals surface area contributed by atoms with Crippen LogP contribution in [0.4, 0.5) is 9.59 Å². The summed E-state index contributed by atoms with van der Waals surface area (Å²) >= 11 is 0. The van der Waals surface area contributed by atoms with E-state index in [-0.39, 0.29) is 17.9 Å². The Morgan fingerprint density at radius 1 is 1.29 bits per heavy atom. The van der Waals surface area contributed by atoms with Crippen LogP contribution in [0.3, 0.4) is 0 Å². The molecule has 0 saturated heterocycles. The molecule has 5 N–H and O–H groups in total. The summed E-state index contributed by atoms with van der Waals surface area (Å²) < 4.78 is 0. The van der Waals surface area contributed by atoms with Gasteiger partial charge < -0.3 is 16.5 Å². The van der Waals surface area contributed by atoms with Crippen molar-refractivity contribution >= 4 is 19.7 Å². The summed E-state index contributed by atoms with van der Waals surface area (Å²) in [4.78, 5) is 21.1. The number of rotatable bonds is 3. The smallest absolute Gasteiger partial charge is 0.312 e. The summed E-state index contributed by atoms with van der Waals surface area (Å²) in [5.41, 5.74) is 10.4. The van der Waals surface area contributed by atoms with E-state index in [4.69, 9.17) is 5.73 Å². The molecular formula is C7H15BN4O2. The number of primary amides is 1. The van der Waals surface area contributed by atoms with Crippen molar-refractivity contribution < 1.29 is 9.59 Å². The van der Waals surface area contributed by atoms with Gasteiger partial charge in [-0.3, -0.25) is 4.79 Å². The first-order chi connectivity index (χ1) is 6.58. The molecule has 0 aromatic heterocycles. The Kier molecular flexibility index (Phi) is 3.76. The van der Waals surface area contributed by atoms with Gasteiger partial charge in [0.1, 0.15) is 0 Å². The zero-order chi connectivity index (χ0) is 10.6. The summed E-state index contributed by atoms with van der Waals surface area (Å²) in [5.74, 6) is -0.115. The molecule has 14 heavy (non-hydrogen) atoms. The number of hydrogen-bond donors (Lipinski definition) is 4. The first-order valence-electron chi connectivity index (χ1n) is 4.66. The molecule has 0 bridgehead atoms. The van der Waals surface area contributed by atoms with Gasteiger partial charge in [-0.1, -0.05) is 0 Å². The molecule has 7 heteroatoms. The van der Waals surface area contributed by atoms with E-state index < -0.39 is 6.03 Å². The number of nitrogens with one attached hydrogen (secondary N) is 3. The minimum atomic E-state index is -0.491. The maximum Gasteiger partial charge on any atom is 0.312 e. The van der Waals surface area contributed by atoms with Gasteiger partial charge in [0.15, 0.2) is 5.81 Å². The number of carbonyl (C=O) groups excluding carboxylic acids is 2. The van der Waals surface area contributed by atoms with E-state index in [1.165, 1.54) is 7.85 Å². The molecule has 1 aliphatic rings. The Hall–Kier alpha value is -1.24. The number of nitrogens with two attached hydrogens (primary N) is 1. The Balaban J connectivity index is 2.20. The topological polar surface area (TPSA) is 96.2 Å². The summed E-state index contributed by atoms with van der Waals surface area (Å²) in [7, 11) is 1.45. The van der Waals surface area contributed by atoms with Crippen molar-refractivity contribution in [3.05, 3.63) is 0 Å². The van der Waals surface area contributed by atoms with Gasteiger partial charge >= 0.3 is 6.03 Å². The normalized spacial score (nSPS) is 25.7. The lowest BCUT2D eigenvalue weighted by atomic mass is 10.1. The van der Waals surface area contributed by atoms with Gasteiger partial charge in [0.2, 0.25) is 7.85 Å². The van der Waals surface area contributed by atoms with E-state index in [2.05, 4.69) is 16.2 Å². The third-order valence-electron chi connectivity index (χ3n) is 2.23. The second-order valence-electron chi connectivity index (χ2n) is 3.54. The standard InChI is InChI=1S/C7H15BN4O2/c8-6(13)12-11-5-2-1-4(3-5)10-7(9)14/h4-5,11H,1-3,8H2,(H,12,13)(H3,9,10,14)/t4-,5+/m0/s1. The van der Waals surface area contributed by atoms with Crippen molar-refractivity contribution in [1.82, 2.24) is 16.2 Å². The van der Waals surface area contributed by atoms with E-state index in [1.54, 1.807) is 0 Å². The number of hydrogen-bond acceptors (Lipinski definition) is 3. The molecule has 1 rings (SSSR count). The van der Waals surface area contributed by atoms with Crippen molar-refractivity contribution in [2.75, 3.05) is 0 Å². The zero-order valence-electron chi connectivity index (χ0n) is 8.17. The van der Waals surface area contributed by atoms with Gasteiger partial charge in [0.25, 0.3) is 0 Å². The molecule has 0 heterocycles.